The van der Waals surface area contributed by atoms with Gasteiger partial charge >= 0.3 is 0 Å². The number of carbonyl (C=O) groups excluding carboxylic acids is 1. The summed E-state index contributed by atoms with van der Waals surface area (Å²) in [7, 11) is 0. The van der Waals surface area contributed by atoms with Crippen LogP contribution < -0.4 is 0 Å². The Balaban J connectivity index is 1.89. The van der Waals surface area contributed by atoms with Crippen LogP contribution in [0.2, 0.25) is 0 Å². The molecule has 0 radical (unpaired) electrons. The summed E-state index contributed by atoms with van der Waals surface area (Å²) in [6.45, 7) is 0. The Morgan fingerprint density at radius 1 is 1.00 bits per heavy atom. The fourth-order valence-corrected chi connectivity index (χ4v) is 2.25. The zero-order chi connectivity index (χ0) is 17.6. The molecule has 120 valence electrons. The first kappa shape index (κ1) is 16.2. The number of carbonyl (C=O) groups is 1. The van der Waals surface area contributed by atoms with Gasteiger partial charge in [-0.05, 0) is 18.2 Å². The summed E-state index contributed by atoms with van der Waals surface area (Å²) in [6.07, 6.45) is 4.38. The van der Waals surface area contributed by atoms with Crippen LogP contribution in [0.1, 0.15) is 15.9 Å². The van der Waals surface area contributed by atoms with E-state index in [0.29, 0.717) is 11.4 Å². The van der Waals surface area contributed by atoms with Gasteiger partial charge in [0, 0.05) is 23.5 Å². The van der Waals surface area contributed by atoms with E-state index in [1.807, 2.05) is 36.4 Å². The van der Waals surface area contributed by atoms with Gasteiger partial charge in [-0.25, -0.2) is 14.4 Å². The Bertz CT molecular complexity index is 974. The minimum absolute atomic E-state index is 0.142. The molecule has 0 saturated heterocycles. The standard InChI is InChI=1S/C20H12FN3O/c21-18-9-5-4-8-17(18)19(25)16(11-22)10-14-12-23-20(24-13-14)15-6-2-1-3-7-15/h1-10,12-13H/b16-10+. The van der Waals surface area contributed by atoms with Crippen LogP contribution in [0.25, 0.3) is 17.5 Å². The van der Waals surface area contributed by atoms with Crippen LogP contribution in [0.5, 0.6) is 0 Å². The van der Waals surface area contributed by atoms with E-state index in [2.05, 4.69) is 9.97 Å². The third-order valence-electron chi connectivity index (χ3n) is 3.50. The average Bonchev–Trinajstić information content (AvgIpc) is 2.67. The van der Waals surface area contributed by atoms with Crippen LogP contribution in [0.4, 0.5) is 4.39 Å². The van der Waals surface area contributed by atoms with Gasteiger partial charge in [-0.2, -0.15) is 5.26 Å². The molecule has 3 aromatic rings. The maximum absolute atomic E-state index is 13.7. The highest BCUT2D eigenvalue weighted by atomic mass is 19.1. The minimum Gasteiger partial charge on any atom is -0.288 e. The van der Waals surface area contributed by atoms with Crippen LogP contribution in [0.15, 0.2) is 72.6 Å². The highest BCUT2D eigenvalue weighted by molar-refractivity contribution is 6.14. The van der Waals surface area contributed by atoms with Crippen LogP contribution in [-0.4, -0.2) is 15.8 Å². The van der Waals surface area contributed by atoms with E-state index in [9.17, 15) is 14.4 Å². The monoisotopic (exact) mass is 329 g/mol. The van der Waals surface area contributed by atoms with Gasteiger partial charge in [-0.15, -0.1) is 0 Å². The van der Waals surface area contributed by atoms with Gasteiger partial charge in [0.25, 0.3) is 0 Å². The summed E-state index contributed by atoms with van der Waals surface area (Å²) in [5.41, 5.74) is 1.03. The topological polar surface area (TPSA) is 66.6 Å². The molecule has 0 unspecified atom stereocenters. The number of allylic oxidation sites excluding steroid dienone is 1. The predicted octanol–water partition coefficient (Wildman–Crippen LogP) is 4.07. The van der Waals surface area contributed by atoms with E-state index in [1.54, 1.807) is 6.07 Å². The summed E-state index contributed by atoms with van der Waals surface area (Å²) < 4.78 is 13.7. The Morgan fingerprint density at radius 2 is 1.64 bits per heavy atom. The highest BCUT2D eigenvalue weighted by Crippen LogP contribution is 2.17. The van der Waals surface area contributed by atoms with Crippen molar-refractivity contribution in [2.45, 2.75) is 0 Å². The van der Waals surface area contributed by atoms with Crippen molar-refractivity contribution in [2.75, 3.05) is 0 Å². The zero-order valence-corrected chi connectivity index (χ0v) is 13.1. The lowest BCUT2D eigenvalue weighted by Crippen LogP contribution is -2.04. The molecule has 0 aliphatic heterocycles. The number of ketones is 1. The first-order chi connectivity index (χ1) is 12.2. The van der Waals surface area contributed by atoms with E-state index in [1.165, 1.54) is 36.7 Å². The molecule has 0 atom stereocenters. The number of halogens is 1. The Labute approximate surface area is 143 Å². The number of Topliss-reactive ketones (excluding diaryl/α,β-unsaturated/α-hetero) is 1. The largest absolute Gasteiger partial charge is 0.288 e. The Kier molecular flexibility index (Phi) is 4.72. The minimum atomic E-state index is -0.673. The van der Waals surface area contributed by atoms with Crippen molar-refractivity contribution in [2.24, 2.45) is 0 Å². The molecule has 0 aliphatic rings. The van der Waals surface area contributed by atoms with Gasteiger partial charge in [-0.3, -0.25) is 4.79 Å². The lowest BCUT2D eigenvalue weighted by Gasteiger charge is -2.02. The van der Waals surface area contributed by atoms with Crippen molar-refractivity contribution < 1.29 is 9.18 Å². The molecule has 0 bridgehead atoms. The lowest BCUT2D eigenvalue weighted by atomic mass is 10.0. The van der Waals surface area contributed by atoms with Gasteiger partial charge in [0.1, 0.15) is 17.5 Å². The number of nitriles is 1. The highest BCUT2D eigenvalue weighted by Gasteiger charge is 2.16. The molecule has 5 heteroatoms. The van der Waals surface area contributed by atoms with Crippen molar-refractivity contribution in [3.8, 4) is 17.5 Å². The van der Waals surface area contributed by atoms with Crippen LogP contribution in [-0.2, 0) is 0 Å². The molecule has 0 N–H and O–H groups in total. The summed E-state index contributed by atoms with van der Waals surface area (Å²) >= 11 is 0. The molecule has 2 aromatic carbocycles. The maximum atomic E-state index is 13.7. The number of nitrogens with zero attached hydrogens (tertiary/aromatic N) is 3. The van der Waals surface area contributed by atoms with Crippen molar-refractivity contribution in [3.05, 3.63) is 89.5 Å². The number of aromatic nitrogens is 2. The molecule has 1 heterocycles. The van der Waals surface area contributed by atoms with Crippen LogP contribution in [0, 0.1) is 17.1 Å². The van der Waals surface area contributed by atoms with Gasteiger partial charge in [0.15, 0.2) is 5.82 Å². The first-order valence-electron chi connectivity index (χ1n) is 7.47. The second-order valence-electron chi connectivity index (χ2n) is 5.18. The quantitative estimate of drug-likeness (QED) is 0.411. The summed E-state index contributed by atoms with van der Waals surface area (Å²) in [5, 5.41) is 9.24. The van der Waals surface area contributed by atoms with E-state index in [-0.39, 0.29) is 11.1 Å². The summed E-state index contributed by atoms with van der Waals surface area (Å²) in [4.78, 5) is 20.8. The number of hydrogen-bond acceptors (Lipinski definition) is 4. The number of benzene rings is 2. The van der Waals surface area contributed by atoms with E-state index < -0.39 is 11.6 Å². The molecular formula is C20H12FN3O. The zero-order valence-electron chi connectivity index (χ0n) is 13.1. The molecule has 3 rings (SSSR count). The van der Waals surface area contributed by atoms with E-state index in [4.69, 9.17) is 0 Å². The van der Waals surface area contributed by atoms with Gasteiger partial charge < -0.3 is 0 Å². The Hall–Kier alpha value is -3.65. The van der Waals surface area contributed by atoms with Gasteiger partial charge in [0.05, 0.1) is 5.56 Å². The van der Waals surface area contributed by atoms with Gasteiger partial charge in [0.2, 0.25) is 5.78 Å². The maximum Gasteiger partial charge on any atom is 0.206 e. The van der Waals surface area contributed by atoms with Crippen LogP contribution >= 0.6 is 0 Å². The molecule has 1 aromatic heterocycles. The molecule has 0 spiro atoms. The fraction of sp³-hybridized carbons (Fsp3) is 0. The number of rotatable bonds is 4. The van der Waals surface area contributed by atoms with Crippen molar-refractivity contribution in [3.63, 3.8) is 0 Å². The fourth-order valence-electron chi connectivity index (χ4n) is 2.25. The third kappa shape index (κ3) is 3.65. The second kappa shape index (κ2) is 7.28. The van der Waals surface area contributed by atoms with Gasteiger partial charge in [-0.1, -0.05) is 42.5 Å². The van der Waals surface area contributed by atoms with Crippen molar-refractivity contribution >= 4 is 11.9 Å². The SMILES string of the molecule is N#C/C(=C\c1cnc(-c2ccccc2)nc1)C(=O)c1ccccc1F. The van der Waals surface area contributed by atoms with Crippen LogP contribution in [0.3, 0.4) is 0 Å². The molecule has 0 aliphatic carbocycles. The molecular weight excluding hydrogens is 317 g/mol. The smallest absolute Gasteiger partial charge is 0.206 e. The molecule has 0 saturated carbocycles. The van der Waals surface area contributed by atoms with E-state index >= 15 is 0 Å². The number of hydrogen-bond donors (Lipinski definition) is 0. The third-order valence-corrected chi connectivity index (χ3v) is 3.50. The van der Waals surface area contributed by atoms with Crippen molar-refractivity contribution in [1.29, 1.82) is 5.26 Å². The first-order valence-corrected chi connectivity index (χ1v) is 7.47. The lowest BCUT2D eigenvalue weighted by molar-refractivity contribution is 0.103. The predicted molar refractivity (Wildman–Crippen MR) is 91.8 cm³/mol. The summed E-state index contributed by atoms with van der Waals surface area (Å²) in [6, 6.07) is 16.8. The molecule has 4 nitrogen and oxygen atoms in total. The Morgan fingerprint density at radius 3 is 2.28 bits per heavy atom. The van der Waals surface area contributed by atoms with E-state index in [0.717, 1.165) is 5.56 Å². The molecule has 0 fully saturated rings. The molecule has 25 heavy (non-hydrogen) atoms. The van der Waals surface area contributed by atoms with Crippen molar-refractivity contribution in [1.82, 2.24) is 9.97 Å². The average molecular weight is 329 g/mol. The second-order valence-corrected chi connectivity index (χ2v) is 5.18. The molecule has 0 amide bonds. The summed E-state index contributed by atoms with van der Waals surface area (Å²) in [5.74, 6) is -0.797. The normalized spacial score (nSPS) is 11.0.